The Morgan fingerprint density at radius 1 is 1.36 bits per heavy atom. The SMILES string of the molecule is CCOC(=O)c1cc(-c2cc[nH]c2)n(-c2ccc(C)nc2)n1. The van der Waals surface area contributed by atoms with E-state index in [9.17, 15) is 4.79 Å². The Labute approximate surface area is 127 Å². The van der Waals surface area contributed by atoms with E-state index < -0.39 is 5.97 Å². The molecule has 0 atom stereocenters. The maximum atomic E-state index is 11.9. The normalized spacial score (nSPS) is 10.6. The number of carbonyl (C=O) groups is 1. The first-order chi connectivity index (χ1) is 10.7. The number of hydrogen-bond donors (Lipinski definition) is 1. The number of aromatic nitrogens is 4. The smallest absolute Gasteiger partial charge is 0.358 e. The molecule has 0 radical (unpaired) electrons. The molecule has 0 aliphatic heterocycles. The summed E-state index contributed by atoms with van der Waals surface area (Å²) in [5.41, 5.74) is 3.72. The molecule has 3 rings (SSSR count). The van der Waals surface area contributed by atoms with Gasteiger partial charge in [-0.3, -0.25) is 4.98 Å². The zero-order valence-corrected chi connectivity index (χ0v) is 12.4. The highest BCUT2D eigenvalue weighted by molar-refractivity contribution is 5.89. The summed E-state index contributed by atoms with van der Waals surface area (Å²) in [7, 11) is 0. The lowest BCUT2D eigenvalue weighted by molar-refractivity contribution is 0.0519. The molecule has 0 amide bonds. The van der Waals surface area contributed by atoms with E-state index in [0.29, 0.717) is 6.61 Å². The molecule has 0 saturated carbocycles. The third-order valence-electron chi connectivity index (χ3n) is 3.23. The quantitative estimate of drug-likeness (QED) is 0.751. The number of rotatable bonds is 4. The van der Waals surface area contributed by atoms with Crippen LogP contribution in [-0.4, -0.2) is 32.3 Å². The molecule has 3 aromatic heterocycles. The molecule has 3 aromatic rings. The van der Waals surface area contributed by atoms with Crippen LogP contribution in [0.2, 0.25) is 0 Å². The second-order valence-corrected chi connectivity index (χ2v) is 4.80. The average molecular weight is 296 g/mol. The third kappa shape index (κ3) is 2.63. The maximum absolute atomic E-state index is 11.9. The Morgan fingerprint density at radius 2 is 2.23 bits per heavy atom. The zero-order chi connectivity index (χ0) is 15.5. The van der Waals surface area contributed by atoms with Gasteiger partial charge in [0.15, 0.2) is 5.69 Å². The van der Waals surface area contributed by atoms with Crippen LogP contribution in [0.3, 0.4) is 0 Å². The van der Waals surface area contributed by atoms with Gasteiger partial charge >= 0.3 is 5.97 Å². The fourth-order valence-corrected chi connectivity index (χ4v) is 2.16. The van der Waals surface area contributed by atoms with Crippen LogP contribution >= 0.6 is 0 Å². The number of esters is 1. The topological polar surface area (TPSA) is 72.8 Å². The van der Waals surface area contributed by atoms with Gasteiger partial charge in [0.25, 0.3) is 0 Å². The van der Waals surface area contributed by atoms with Gasteiger partial charge in [-0.05, 0) is 38.1 Å². The van der Waals surface area contributed by atoms with Crippen molar-refractivity contribution in [3.05, 3.63) is 54.2 Å². The van der Waals surface area contributed by atoms with E-state index in [1.54, 1.807) is 23.9 Å². The van der Waals surface area contributed by atoms with E-state index in [4.69, 9.17) is 4.74 Å². The Morgan fingerprint density at radius 3 is 2.86 bits per heavy atom. The fraction of sp³-hybridized carbons (Fsp3) is 0.188. The van der Waals surface area contributed by atoms with Crippen molar-refractivity contribution < 1.29 is 9.53 Å². The van der Waals surface area contributed by atoms with Crippen LogP contribution in [0.15, 0.2) is 42.9 Å². The van der Waals surface area contributed by atoms with Gasteiger partial charge in [-0.1, -0.05) is 0 Å². The van der Waals surface area contributed by atoms with E-state index in [2.05, 4.69) is 15.1 Å². The standard InChI is InChI=1S/C16H16N4O2/c1-3-22-16(21)14-8-15(12-6-7-17-9-12)20(19-14)13-5-4-11(2)18-10-13/h4-10,17H,3H2,1-2H3. The van der Waals surface area contributed by atoms with Gasteiger partial charge in [-0.15, -0.1) is 0 Å². The molecule has 3 heterocycles. The first-order valence-electron chi connectivity index (χ1n) is 7.02. The highest BCUT2D eigenvalue weighted by Crippen LogP contribution is 2.23. The Kier molecular flexibility index (Phi) is 3.74. The van der Waals surface area contributed by atoms with E-state index in [0.717, 1.165) is 22.6 Å². The third-order valence-corrected chi connectivity index (χ3v) is 3.23. The Hall–Kier alpha value is -2.89. The van der Waals surface area contributed by atoms with Gasteiger partial charge in [0.1, 0.15) is 0 Å². The second kappa shape index (κ2) is 5.85. The average Bonchev–Trinajstić information content (AvgIpc) is 3.17. The lowest BCUT2D eigenvalue weighted by Gasteiger charge is -2.05. The van der Waals surface area contributed by atoms with Crippen molar-refractivity contribution in [1.29, 1.82) is 0 Å². The van der Waals surface area contributed by atoms with Crippen molar-refractivity contribution in [3.63, 3.8) is 0 Å². The predicted octanol–water partition coefficient (Wildman–Crippen LogP) is 2.75. The predicted molar refractivity (Wildman–Crippen MR) is 81.8 cm³/mol. The van der Waals surface area contributed by atoms with Gasteiger partial charge in [-0.25, -0.2) is 9.48 Å². The number of ether oxygens (including phenoxy) is 1. The summed E-state index contributed by atoms with van der Waals surface area (Å²) >= 11 is 0. The van der Waals surface area contributed by atoms with E-state index in [1.807, 2.05) is 37.5 Å². The number of pyridine rings is 1. The van der Waals surface area contributed by atoms with Crippen molar-refractivity contribution in [3.8, 4) is 16.9 Å². The highest BCUT2D eigenvalue weighted by atomic mass is 16.5. The van der Waals surface area contributed by atoms with Gasteiger partial charge in [0.05, 0.1) is 24.2 Å². The molecule has 0 aromatic carbocycles. The number of H-pyrrole nitrogens is 1. The van der Waals surface area contributed by atoms with E-state index in [-0.39, 0.29) is 5.69 Å². The molecule has 22 heavy (non-hydrogen) atoms. The summed E-state index contributed by atoms with van der Waals surface area (Å²) < 4.78 is 6.73. The number of aromatic amines is 1. The van der Waals surface area contributed by atoms with Crippen LogP contribution in [0.1, 0.15) is 23.1 Å². The lowest BCUT2D eigenvalue weighted by Crippen LogP contribution is -2.07. The first-order valence-corrected chi connectivity index (χ1v) is 7.02. The second-order valence-electron chi connectivity index (χ2n) is 4.80. The van der Waals surface area contributed by atoms with Crippen LogP contribution in [0.25, 0.3) is 16.9 Å². The lowest BCUT2D eigenvalue weighted by atomic mass is 10.2. The summed E-state index contributed by atoms with van der Waals surface area (Å²) in [5.74, 6) is -0.432. The summed E-state index contributed by atoms with van der Waals surface area (Å²) in [6.45, 7) is 4.01. The summed E-state index contributed by atoms with van der Waals surface area (Å²) in [6.07, 6.45) is 5.40. The van der Waals surface area contributed by atoms with Crippen molar-refractivity contribution in [2.24, 2.45) is 0 Å². The molecule has 0 spiro atoms. The fourth-order valence-electron chi connectivity index (χ4n) is 2.16. The largest absolute Gasteiger partial charge is 0.461 e. The first kappa shape index (κ1) is 14.1. The molecule has 0 unspecified atom stereocenters. The molecule has 6 nitrogen and oxygen atoms in total. The zero-order valence-electron chi connectivity index (χ0n) is 12.4. The van der Waals surface area contributed by atoms with Gasteiger partial charge in [0, 0.05) is 23.7 Å². The Bertz CT molecular complexity index is 773. The maximum Gasteiger partial charge on any atom is 0.358 e. The molecule has 0 bridgehead atoms. The number of nitrogens with zero attached hydrogens (tertiary/aromatic N) is 3. The van der Waals surface area contributed by atoms with Crippen LogP contribution in [-0.2, 0) is 4.74 Å². The summed E-state index contributed by atoms with van der Waals surface area (Å²) in [6, 6.07) is 7.47. The van der Waals surface area contributed by atoms with Crippen molar-refractivity contribution in [2.45, 2.75) is 13.8 Å². The minimum Gasteiger partial charge on any atom is -0.461 e. The number of hydrogen-bond acceptors (Lipinski definition) is 4. The number of aryl methyl sites for hydroxylation is 1. The van der Waals surface area contributed by atoms with Crippen molar-refractivity contribution in [2.75, 3.05) is 6.61 Å². The van der Waals surface area contributed by atoms with E-state index in [1.165, 1.54) is 0 Å². The molecular formula is C16H16N4O2. The highest BCUT2D eigenvalue weighted by Gasteiger charge is 2.17. The van der Waals surface area contributed by atoms with E-state index >= 15 is 0 Å². The minimum absolute atomic E-state index is 0.277. The summed E-state index contributed by atoms with van der Waals surface area (Å²) in [5, 5.41) is 4.37. The van der Waals surface area contributed by atoms with Crippen molar-refractivity contribution in [1.82, 2.24) is 19.7 Å². The van der Waals surface area contributed by atoms with Crippen molar-refractivity contribution >= 4 is 5.97 Å². The van der Waals surface area contributed by atoms with Gasteiger partial charge < -0.3 is 9.72 Å². The molecule has 6 heteroatoms. The van der Waals surface area contributed by atoms with Crippen LogP contribution in [0.5, 0.6) is 0 Å². The molecule has 0 fully saturated rings. The molecule has 0 saturated heterocycles. The molecular weight excluding hydrogens is 280 g/mol. The molecule has 0 aliphatic rings. The Balaban J connectivity index is 2.10. The number of carbonyl (C=O) groups excluding carboxylic acids is 1. The number of nitrogens with one attached hydrogen (secondary N) is 1. The van der Waals surface area contributed by atoms with Gasteiger partial charge in [-0.2, -0.15) is 5.10 Å². The molecule has 1 N–H and O–H groups in total. The molecule has 0 aliphatic carbocycles. The van der Waals surface area contributed by atoms with Crippen LogP contribution in [0.4, 0.5) is 0 Å². The minimum atomic E-state index is -0.432. The van der Waals surface area contributed by atoms with Crippen LogP contribution < -0.4 is 0 Å². The molecule has 112 valence electrons. The summed E-state index contributed by atoms with van der Waals surface area (Å²) in [4.78, 5) is 19.2. The van der Waals surface area contributed by atoms with Gasteiger partial charge in [0.2, 0.25) is 0 Å². The monoisotopic (exact) mass is 296 g/mol. The van der Waals surface area contributed by atoms with Crippen LogP contribution in [0, 0.1) is 6.92 Å².